The highest BCUT2D eigenvalue weighted by Gasteiger charge is 2.45. The maximum Gasteiger partial charge on any atom is 0.297 e. The van der Waals surface area contributed by atoms with Crippen molar-refractivity contribution in [3.63, 3.8) is 0 Å². The second-order valence-electron chi connectivity index (χ2n) is 8.54. The molecule has 0 spiro atoms. The zero-order chi connectivity index (χ0) is 26.1. The van der Waals surface area contributed by atoms with E-state index >= 15 is 0 Å². The van der Waals surface area contributed by atoms with Gasteiger partial charge in [0.15, 0.2) is 9.77 Å². The molecule has 2 aromatic heterocycles. The number of para-hydroxylation sites is 1. The Morgan fingerprint density at radius 2 is 1.84 bits per heavy atom. The Morgan fingerprint density at radius 1 is 1.03 bits per heavy atom. The lowest BCUT2D eigenvalue weighted by molar-refractivity contribution is 0.0970. The van der Waals surface area contributed by atoms with Crippen LogP contribution in [0.5, 0.6) is 5.75 Å². The van der Waals surface area contributed by atoms with Crippen molar-refractivity contribution in [2.24, 2.45) is 0 Å². The predicted octanol–water partition coefficient (Wildman–Crippen LogP) is 6.25. The van der Waals surface area contributed by atoms with Gasteiger partial charge in [0.1, 0.15) is 17.9 Å². The number of aromatic nitrogens is 2. The van der Waals surface area contributed by atoms with E-state index in [0.29, 0.717) is 34.0 Å². The SMILES string of the molecule is C=CCOc1cccc(C2c3c(oc4ccccc4c3=O)C(=O)N2c2nnc(SCc3ccccc3)s2)c1. The highest BCUT2D eigenvalue weighted by Crippen LogP contribution is 2.43. The Kier molecular flexibility index (Phi) is 6.53. The number of nitrogens with zero attached hydrogens (tertiary/aromatic N) is 3. The van der Waals surface area contributed by atoms with Gasteiger partial charge in [-0.3, -0.25) is 14.5 Å². The molecule has 0 fully saturated rings. The first kappa shape index (κ1) is 24.1. The van der Waals surface area contributed by atoms with Crippen molar-refractivity contribution < 1.29 is 13.9 Å². The number of ether oxygens (including phenoxy) is 1. The molecule has 1 unspecified atom stereocenters. The van der Waals surface area contributed by atoms with Crippen molar-refractivity contribution in [3.8, 4) is 5.75 Å². The molecule has 3 aromatic carbocycles. The van der Waals surface area contributed by atoms with Crippen LogP contribution in [0, 0.1) is 0 Å². The molecule has 0 radical (unpaired) electrons. The molecule has 1 amide bonds. The molecule has 1 atom stereocenters. The fourth-order valence-corrected chi connectivity index (χ4v) is 6.26. The van der Waals surface area contributed by atoms with Gasteiger partial charge in [0.05, 0.1) is 17.0 Å². The van der Waals surface area contributed by atoms with Crippen molar-refractivity contribution in [3.05, 3.63) is 124 Å². The summed E-state index contributed by atoms with van der Waals surface area (Å²) in [5.74, 6) is 0.914. The Morgan fingerprint density at radius 3 is 2.68 bits per heavy atom. The molecule has 1 aliphatic rings. The average molecular weight is 540 g/mol. The lowest BCUT2D eigenvalue weighted by atomic mass is 9.98. The molecule has 5 aromatic rings. The first-order valence-corrected chi connectivity index (χ1v) is 13.7. The fourth-order valence-electron chi connectivity index (χ4n) is 4.44. The lowest BCUT2D eigenvalue weighted by Gasteiger charge is -2.22. The number of anilines is 1. The number of hydrogen-bond donors (Lipinski definition) is 0. The zero-order valence-corrected chi connectivity index (χ0v) is 21.7. The summed E-state index contributed by atoms with van der Waals surface area (Å²) in [4.78, 5) is 29.0. The van der Waals surface area contributed by atoms with Gasteiger partial charge in [-0.05, 0) is 35.4 Å². The topological polar surface area (TPSA) is 85.5 Å². The molecule has 1 aliphatic heterocycles. The minimum absolute atomic E-state index is 0.0183. The van der Waals surface area contributed by atoms with E-state index in [4.69, 9.17) is 9.15 Å². The van der Waals surface area contributed by atoms with Crippen LogP contribution < -0.4 is 15.1 Å². The number of fused-ring (bicyclic) bond motifs is 2. The predicted molar refractivity (Wildman–Crippen MR) is 149 cm³/mol. The van der Waals surface area contributed by atoms with Gasteiger partial charge in [0.25, 0.3) is 5.91 Å². The summed E-state index contributed by atoms with van der Waals surface area (Å²) in [7, 11) is 0. The van der Waals surface area contributed by atoms with Crippen LogP contribution in [-0.4, -0.2) is 22.7 Å². The molecular weight excluding hydrogens is 518 g/mol. The normalized spacial score (nSPS) is 14.6. The second kappa shape index (κ2) is 10.3. The first-order chi connectivity index (χ1) is 18.6. The summed E-state index contributed by atoms with van der Waals surface area (Å²) in [6.45, 7) is 4.03. The number of thioether (sulfide) groups is 1. The van der Waals surface area contributed by atoms with E-state index < -0.39 is 11.9 Å². The van der Waals surface area contributed by atoms with Gasteiger partial charge in [-0.2, -0.15) is 0 Å². The summed E-state index contributed by atoms with van der Waals surface area (Å²) < 4.78 is 12.5. The minimum Gasteiger partial charge on any atom is -0.490 e. The van der Waals surface area contributed by atoms with E-state index in [1.807, 2.05) is 42.5 Å². The van der Waals surface area contributed by atoms with E-state index in [0.717, 1.165) is 15.7 Å². The Balaban J connectivity index is 1.44. The molecule has 38 heavy (non-hydrogen) atoms. The highest BCUT2D eigenvalue weighted by atomic mass is 32.2. The molecule has 9 heteroatoms. The average Bonchev–Trinajstić information content (AvgIpc) is 3.54. The molecule has 7 nitrogen and oxygen atoms in total. The molecule has 0 aliphatic carbocycles. The maximum atomic E-state index is 13.8. The second-order valence-corrected chi connectivity index (χ2v) is 10.7. The molecule has 188 valence electrons. The van der Waals surface area contributed by atoms with Crippen LogP contribution in [0.1, 0.15) is 33.3 Å². The molecule has 0 N–H and O–H groups in total. The van der Waals surface area contributed by atoms with E-state index in [2.05, 4.69) is 28.9 Å². The molecular formula is C29H21N3O4S2. The van der Waals surface area contributed by atoms with E-state index in [1.54, 1.807) is 42.1 Å². The fraction of sp³-hybridized carbons (Fsp3) is 0.103. The van der Waals surface area contributed by atoms with E-state index in [1.165, 1.54) is 16.2 Å². The van der Waals surface area contributed by atoms with Crippen LogP contribution in [0.4, 0.5) is 5.13 Å². The number of carbonyl (C=O) groups is 1. The largest absolute Gasteiger partial charge is 0.490 e. The van der Waals surface area contributed by atoms with Crippen molar-refractivity contribution in [1.82, 2.24) is 10.2 Å². The standard InChI is InChI=1S/C29H21N3O4S2/c1-2-15-35-20-12-8-11-19(16-20)24-23-25(33)21-13-6-7-14-22(21)36-26(23)27(34)32(24)28-30-31-29(38-28)37-17-18-9-4-3-5-10-18/h2-14,16,24H,1,15,17H2. The third-order valence-corrected chi connectivity index (χ3v) is 8.25. The number of rotatable bonds is 8. The van der Waals surface area contributed by atoms with Crippen LogP contribution in [0.25, 0.3) is 11.0 Å². The number of carbonyl (C=O) groups excluding carboxylic acids is 1. The Hall–Kier alpha value is -4.21. The monoisotopic (exact) mass is 539 g/mol. The van der Waals surface area contributed by atoms with Gasteiger partial charge in [0, 0.05) is 5.75 Å². The van der Waals surface area contributed by atoms with E-state index in [9.17, 15) is 9.59 Å². The molecule has 0 saturated carbocycles. The number of amides is 1. The van der Waals surface area contributed by atoms with Gasteiger partial charge in [-0.15, -0.1) is 10.2 Å². The first-order valence-electron chi connectivity index (χ1n) is 11.9. The maximum absolute atomic E-state index is 13.8. The van der Waals surface area contributed by atoms with Crippen molar-refractivity contribution in [1.29, 1.82) is 0 Å². The Bertz CT molecular complexity index is 1710. The quantitative estimate of drug-likeness (QED) is 0.131. The molecule has 3 heterocycles. The zero-order valence-electron chi connectivity index (χ0n) is 20.1. The minimum atomic E-state index is -0.745. The number of hydrogen-bond acceptors (Lipinski definition) is 8. The van der Waals surface area contributed by atoms with Gasteiger partial charge in [0.2, 0.25) is 10.9 Å². The third kappa shape index (κ3) is 4.40. The van der Waals surface area contributed by atoms with E-state index in [-0.39, 0.29) is 16.8 Å². The summed E-state index contributed by atoms with van der Waals surface area (Å²) >= 11 is 2.85. The summed E-state index contributed by atoms with van der Waals surface area (Å²) in [6, 6.07) is 23.6. The highest BCUT2D eigenvalue weighted by molar-refractivity contribution is 8.00. The van der Waals surface area contributed by atoms with Gasteiger partial charge < -0.3 is 9.15 Å². The number of benzene rings is 3. The third-order valence-electron chi connectivity index (χ3n) is 6.13. The van der Waals surface area contributed by atoms with Crippen LogP contribution >= 0.6 is 23.1 Å². The van der Waals surface area contributed by atoms with Crippen LogP contribution in [0.2, 0.25) is 0 Å². The van der Waals surface area contributed by atoms with Crippen LogP contribution in [0.15, 0.2) is 105 Å². The summed E-state index contributed by atoms with van der Waals surface area (Å²) in [6.07, 6.45) is 1.66. The lowest BCUT2D eigenvalue weighted by Crippen LogP contribution is -2.29. The smallest absolute Gasteiger partial charge is 0.297 e. The van der Waals surface area contributed by atoms with Gasteiger partial charge in [-0.1, -0.05) is 90.4 Å². The molecule has 0 saturated heterocycles. The van der Waals surface area contributed by atoms with Gasteiger partial charge >= 0.3 is 0 Å². The van der Waals surface area contributed by atoms with Gasteiger partial charge in [-0.25, -0.2) is 0 Å². The summed E-state index contributed by atoms with van der Waals surface area (Å²) in [5.41, 5.74) is 2.26. The van der Waals surface area contributed by atoms with Crippen molar-refractivity contribution >= 4 is 45.1 Å². The molecule has 0 bridgehead atoms. The van der Waals surface area contributed by atoms with Crippen molar-refractivity contribution in [2.75, 3.05) is 11.5 Å². The Labute approximate surface area is 226 Å². The van der Waals surface area contributed by atoms with Crippen LogP contribution in [-0.2, 0) is 5.75 Å². The van der Waals surface area contributed by atoms with Crippen molar-refractivity contribution in [2.45, 2.75) is 16.1 Å². The summed E-state index contributed by atoms with van der Waals surface area (Å²) in [5, 5.41) is 9.49. The van der Waals surface area contributed by atoms with Crippen LogP contribution in [0.3, 0.4) is 0 Å². The molecule has 6 rings (SSSR count).